The summed E-state index contributed by atoms with van der Waals surface area (Å²) >= 11 is 7.50. The van der Waals surface area contributed by atoms with Gasteiger partial charge in [0.1, 0.15) is 0 Å². The van der Waals surface area contributed by atoms with Gasteiger partial charge in [0.2, 0.25) is 0 Å². The van der Waals surface area contributed by atoms with Gasteiger partial charge in [0, 0.05) is 61.6 Å². The zero-order valence-electron chi connectivity index (χ0n) is 17.6. The minimum absolute atomic E-state index is 1.36. The third-order valence-corrected chi connectivity index (χ3v) is 10.2. The average molecular weight is 483 g/mol. The van der Waals surface area contributed by atoms with Crippen LogP contribution in [0, 0.1) is 13.8 Å². The van der Waals surface area contributed by atoms with Crippen molar-refractivity contribution in [3.05, 3.63) is 81.2 Å². The summed E-state index contributed by atoms with van der Waals surface area (Å²) in [5.41, 5.74) is 2.72. The van der Waals surface area contributed by atoms with Crippen LogP contribution in [0.5, 0.6) is 0 Å². The predicted molar refractivity (Wildman–Crippen MR) is 148 cm³/mol. The van der Waals surface area contributed by atoms with E-state index in [4.69, 9.17) is 0 Å². The molecule has 0 radical (unpaired) electrons. The van der Waals surface area contributed by atoms with Crippen LogP contribution in [0.3, 0.4) is 0 Å². The van der Waals surface area contributed by atoms with Gasteiger partial charge in [-0.15, -0.1) is 45.3 Å². The summed E-state index contributed by atoms with van der Waals surface area (Å²) in [4.78, 5) is 5.43. The van der Waals surface area contributed by atoms with E-state index in [1.165, 1.54) is 72.4 Å². The molecule has 0 saturated carbocycles. The van der Waals surface area contributed by atoms with Crippen molar-refractivity contribution in [1.82, 2.24) is 0 Å². The van der Waals surface area contributed by atoms with Crippen LogP contribution in [-0.2, 0) is 0 Å². The van der Waals surface area contributed by atoms with Crippen molar-refractivity contribution in [3.8, 4) is 20.9 Å². The zero-order valence-corrected chi connectivity index (χ0v) is 20.8. The summed E-state index contributed by atoms with van der Waals surface area (Å²) in [6, 6.07) is 23.2. The van der Waals surface area contributed by atoms with Gasteiger partial charge in [-0.05, 0) is 83.9 Å². The number of rotatable bonds is 2. The van der Waals surface area contributed by atoms with Gasteiger partial charge >= 0.3 is 0 Å². The van der Waals surface area contributed by atoms with E-state index in [-0.39, 0.29) is 0 Å². The van der Waals surface area contributed by atoms with Crippen molar-refractivity contribution in [2.45, 2.75) is 13.8 Å². The Morgan fingerprint density at radius 2 is 0.938 bits per heavy atom. The molecule has 7 rings (SSSR count). The van der Waals surface area contributed by atoms with Gasteiger partial charge in [-0.25, -0.2) is 0 Å². The molecule has 3 aromatic carbocycles. The standard InChI is InChI=1S/C28H18S4/c1-15-3-7-25(31-15)23-13-21-17(27-19(23)9-11-29-27)5-6-18-22(21)14-24(20-10-12-30-28(18)20)26-8-4-16(2)32-26/h3-14H,1-2H3. The molecule has 0 aliphatic carbocycles. The van der Waals surface area contributed by atoms with Crippen molar-refractivity contribution in [3.63, 3.8) is 0 Å². The molecular formula is C28H18S4. The lowest BCUT2D eigenvalue weighted by atomic mass is 9.94. The maximum Gasteiger partial charge on any atom is 0.0427 e. The molecule has 0 saturated heterocycles. The smallest absolute Gasteiger partial charge is 0.0427 e. The minimum atomic E-state index is 1.36. The number of benzene rings is 3. The molecule has 0 aliphatic rings. The molecular weight excluding hydrogens is 465 g/mol. The van der Waals surface area contributed by atoms with Crippen molar-refractivity contribution in [2.24, 2.45) is 0 Å². The molecule has 0 atom stereocenters. The van der Waals surface area contributed by atoms with E-state index in [1.807, 2.05) is 45.3 Å². The van der Waals surface area contributed by atoms with Crippen molar-refractivity contribution < 1.29 is 0 Å². The van der Waals surface area contributed by atoms with Crippen LogP contribution in [0.25, 0.3) is 62.6 Å². The van der Waals surface area contributed by atoms with Gasteiger partial charge < -0.3 is 0 Å². The van der Waals surface area contributed by atoms with E-state index in [0.717, 1.165) is 0 Å². The quantitative estimate of drug-likeness (QED) is 0.215. The number of fused-ring (bicyclic) bond motifs is 7. The Balaban J connectivity index is 1.66. The van der Waals surface area contributed by atoms with Crippen LogP contribution >= 0.6 is 45.3 Å². The second-order valence-corrected chi connectivity index (χ2v) is 12.7. The van der Waals surface area contributed by atoms with Crippen LogP contribution < -0.4 is 0 Å². The Morgan fingerprint density at radius 3 is 1.34 bits per heavy atom. The highest BCUT2D eigenvalue weighted by Crippen LogP contribution is 2.46. The van der Waals surface area contributed by atoms with E-state index in [1.54, 1.807) is 0 Å². The lowest BCUT2D eigenvalue weighted by molar-refractivity contribution is 1.64. The van der Waals surface area contributed by atoms with Gasteiger partial charge in [-0.1, -0.05) is 12.1 Å². The van der Waals surface area contributed by atoms with Gasteiger partial charge in [-0.2, -0.15) is 0 Å². The van der Waals surface area contributed by atoms with Crippen molar-refractivity contribution >= 4 is 87.1 Å². The first-order valence-corrected chi connectivity index (χ1v) is 14.0. The summed E-state index contributed by atoms with van der Waals surface area (Å²) in [5.74, 6) is 0. The summed E-state index contributed by atoms with van der Waals surface area (Å²) in [5, 5.41) is 12.7. The summed E-state index contributed by atoms with van der Waals surface area (Å²) in [6.45, 7) is 4.39. The van der Waals surface area contributed by atoms with E-state index >= 15 is 0 Å². The van der Waals surface area contributed by atoms with E-state index in [2.05, 4.69) is 85.3 Å². The second-order valence-electron chi connectivity index (χ2n) is 8.25. The molecule has 7 aromatic rings. The van der Waals surface area contributed by atoms with Crippen LogP contribution in [-0.4, -0.2) is 0 Å². The van der Waals surface area contributed by atoms with Gasteiger partial charge in [0.25, 0.3) is 0 Å². The number of hydrogen-bond acceptors (Lipinski definition) is 4. The highest BCUT2D eigenvalue weighted by Gasteiger charge is 2.17. The SMILES string of the molecule is Cc1ccc(-c2cc3c4cc(-c5ccc(C)s5)c5ccsc5c4ccc3c3sccc23)s1. The Labute approximate surface area is 202 Å². The van der Waals surface area contributed by atoms with Gasteiger partial charge in [-0.3, -0.25) is 0 Å². The first kappa shape index (κ1) is 19.0. The lowest BCUT2D eigenvalue weighted by Gasteiger charge is -2.12. The third kappa shape index (κ3) is 2.70. The fourth-order valence-electron chi connectivity index (χ4n) is 4.81. The van der Waals surface area contributed by atoms with Crippen LogP contribution in [0.2, 0.25) is 0 Å². The average Bonchev–Trinajstić information content (AvgIpc) is 3.58. The normalized spacial score (nSPS) is 12.1. The Morgan fingerprint density at radius 1 is 0.469 bits per heavy atom. The lowest BCUT2D eigenvalue weighted by Crippen LogP contribution is -1.84. The molecule has 4 heteroatoms. The van der Waals surface area contributed by atoms with E-state index < -0.39 is 0 Å². The van der Waals surface area contributed by atoms with E-state index in [9.17, 15) is 0 Å². The highest BCUT2D eigenvalue weighted by molar-refractivity contribution is 7.19. The maximum absolute atomic E-state index is 2.45. The molecule has 4 heterocycles. The molecule has 0 N–H and O–H groups in total. The number of aryl methyl sites for hydroxylation is 2. The minimum Gasteiger partial charge on any atom is -0.143 e. The number of thiophene rings is 4. The summed E-state index contributed by atoms with van der Waals surface area (Å²) < 4.78 is 2.79. The largest absolute Gasteiger partial charge is 0.143 e. The molecule has 0 unspecified atom stereocenters. The molecule has 32 heavy (non-hydrogen) atoms. The first-order chi connectivity index (χ1) is 15.7. The fourth-order valence-corrected chi connectivity index (χ4v) is 8.51. The summed E-state index contributed by atoms with van der Waals surface area (Å²) in [7, 11) is 0. The van der Waals surface area contributed by atoms with Gasteiger partial charge in [0.15, 0.2) is 0 Å². The Bertz CT molecular complexity index is 1670. The van der Waals surface area contributed by atoms with Crippen molar-refractivity contribution in [1.29, 1.82) is 0 Å². The molecule has 0 bridgehead atoms. The van der Waals surface area contributed by atoms with E-state index in [0.29, 0.717) is 0 Å². The van der Waals surface area contributed by atoms with Gasteiger partial charge in [0.05, 0.1) is 0 Å². The Kier molecular flexibility index (Phi) is 4.16. The van der Waals surface area contributed by atoms with Crippen LogP contribution in [0.1, 0.15) is 9.75 Å². The molecule has 0 spiro atoms. The highest BCUT2D eigenvalue weighted by atomic mass is 32.1. The topological polar surface area (TPSA) is 0 Å². The number of hydrogen-bond donors (Lipinski definition) is 0. The second kappa shape index (κ2) is 7.00. The molecule has 0 amide bonds. The van der Waals surface area contributed by atoms with Crippen LogP contribution in [0.4, 0.5) is 0 Å². The molecule has 154 valence electrons. The monoisotopic (exact) mass is 482 g/mol. The molecule has 0 aliphatic heterocycles. The first-order valence-electron chi connectivity index (χ1n) is 10.6. The zero-order chi connectivity index (χ0) is 21.4. The fraction of sp³-hybridized carbons (Fsp3) is 0.0714. The molecule has 0 nitrogen and oxygen atoms in total. The maximum atomic E-state index is 2.45. The predicted octanol–water partition coefficient (Wildman–Crippen LogP) is 10.5. The summed E-state index contributed by atoms with van der Waals surface area (Å²) in [6.07, 6.45) is 0. The van der Waals surface area contributed by atoms with Crippen LogP contribution in [0.15, 0.2) is 71.4 Å². The molecule has 4 aromatic heterocycles. The molecule has 0 fully saturated rings. The Hall–Kier alpha value is -2.50. The van der Waals surface area contributed by atoms with Crippen molar-refractivity contribution in [2.75, 3.05) is 0 Å². The third-order valence-electron chi connectivity index (χ3n) is 6.28.